The Morgan fingerprint density at radius 2 is 2.00 bits per heavy atom. The molecule has 2 rings (SSSR count). The topological polar surface area (TPSA) is 63.4 Å². The molecule has 0 spiro atoms. The summed E-state index contributed by atoms with van der Waals surface area (Å²) in [7, 11) is -3.59. The van der Waals surface area contributed by atoms with Gasteiger partial charge < -0.3 is 5.73 Å². The summed E-state index contributed by atoms with van der Waals surface area (Å²) in [5.74, 6) is 0. The fourth-order valence-corrected chi connectivity index (χ4v) is 5.12. The van der Waals surface area contributed by atoms with Gasteiger partial charge >= 0.3 is 0 Å². The van der Waals surface area contributed by atoms with Gasteiger partial charge in [-0.05, 0) is 52.7 Å². The van der Waals surface area contributed by atoms with Gasteiger partial charge in [-0.1, -0.05) is 13.0 Å². The molecule has 2 N–H and O–H groups in total. The molecule has 0 atom stereocenters. The van der Waals surface area contributed by atoms with E-state index in [9.17, 15) is 8.42 Å². The zero-order valence-corrected chi connectivity index (χ0v) is 15.1. The highest BCUT2D eigenvalue weighted by atomic mass is 79.9. The number of halogens is 1. The van der Waals surface area contributed by atoms with Gasteiger partial charge in [-0.2, -0.15) is 4.31 Å². The molecule has 0 fully saturated rings. The van der Waals surface area contributed by atoms with Crippen molar-refractivity contribution in [3.63, 3.8) is 0 Å². The third-order valence-electron chi connectivity index (χ3n) is 3.10. The van der Waals surface area contributed by atoms with Crippen LogP contribution in [0.15, 0.2) is 39.0 Å². The number of nitrogens with two attached hydrogens (primary N) is 1. The van der Waals surface area contributed by atoms with E-state index < -0.39 is 10.0 Å². The van der Waals surface area contributed by atoms with E-state index in [1.165, 1.54) is 15.6 Å². The molecule has 0 amide bonds. The third-order valence-corrected chi connectivity index (χ3v) is 6.70. The lowest BCUT2D eigenvalue weighted by Gasteiger charge is -2.21. The zero-order valence-electron chi connectivity index (χ0n) is 11.8. The Hall–Kier alpha value is -0.890. The molecule has 114 valence electrons. The molecule has 0 saturated heterocycles. The lowest BCUT2D eigenvalue weighted by Crippen LogP contribution is -2.30. The van der Waals surface area contributed by atoms with Crippen LogP contribution in [-0.2, 0) is 16.6 Å². The maximum atomic E-state index is 12.7. The molecule has 0 aliphatic rings. The van der Waals surface area contributed by atoms with E-state index in [0.29, 0.717) is 18.8 Å². The molecule has 0 unspecified atom stereocenters. The standard InChI is InChI=1S/C14H17BrN2O2S2/c1-3-17(9-11-5-7-14(15)20-11)21(18,19)13-6-4-10(2)8-12(13)16/h4-8H,3,9,16H2,1-2H3. The molecule has 1 aromatic carbocycles. The third kappa shape index (κ3) is 3.66. The average molecular weight is 389 g/mol. The maximum Gasteiger partial charge on any atom is 0.245 e. The number of thiophene rings is 1. The van der Waals surface area contributed by atoms with Crippen LogP contribution in [0.2, 0.25) is 0 Å². The predicted octanol–water partition coefficient (Wildman–Crippen LogP) is 3.61. The van der Waals surface area contributed by atoms with Gasteiger partial charge in [0.05, 0.1) is 9.47 Å². The molecule has 21 heavy (non-hydrogen) atoms. The van der Waals surface area contributed by atoms with Gasteiger partial charge in [0.1, 0.15) is 4.90 Å². The largest absolute Gasteiger partial charge is 0.398 e. The summed E-state index contributed by atoms with van der Waals surface area (Å²) >= 11 is 4.92. The SMILES string of the molecule is CCN(Cc1ccc(Br)s1)S(=O)(=O)c1ccc(C)cc1N. The van der Waals surface area contributed by atoms with Crippen molar-refractivity contribution in [3.8, 4) is 0 Å². The minimum absolute atomic E-state index is 0.172. The number of rotatable bonds is 5. The van der Waals surface area contributed by atoms with Crippen LogP contribution >= 0.6 is 27.3 Å². The summed E-state index contributed by atoms with van der Waals surface area (Å²) in [6, 6.07) is 8.86. The maximum absolute atomic E-state index is 12.7. The number of sulfonamides is 1. The second-order valence-corrected chi connectivity index (χ2v) is 9.13. The summed E-state index contributed by atoms with van der Waals surface area (Å²) < 4.78 is 27.9. The Balaban J connectivity index is 2.35. The van der Waals surface area contributed by atoms with E-state index in [-0.39, 0.29) is 4.90 Å². The number of nitrogens with zero attached hydrogens (tertiary/aromatic N) is 1. The van der Waals surface area contributed by atoms with Crippen LogP contribution < -0.4 is 5.73 Å². The van der Waals surface area contributed by atoms with Crippen molar-refractivity contribution >= 4 is 43.0 Å². The molecule has 1 heterocycles. The Morgan fingerprint density at radius 1 is 1.29 bits per heavy atom. The minimum Gasteiger partial charge on any atom is -0.398 e. The van der Waals surface area contributed by atoms with Gasteiger partial charge in [0, 0.05) is 18.0 Å². The normalized spacial score (nSPS) is 12.0. The van der Waals surface area contributed by atoms with Crippen molar-refractivity contribution in [2.75, 3.05) is 12.3 Å². The first kappa shape index (κ1) is 16.5. The molecular formula is C14H17BrN2O2S2. The molecular weight excluding hydrogens is 372 g/mol. The molecule has 0 aliphatic carbocycles. The van der Waals surface area contributed by atoms with Crippen LogP contribution in [0.25, 0.3) is 0 Å². The second kappa shape index (κ2) is 6.48. The number of benzene rings is 1. The molecule has 2 aromatic rings. The van der Waals surface area contributed by atoms with E-state index in [1.807, 2.05) is 26.0 Å². The molecule has 0 radical (unpaired) electrons. The summed E-state index contributed by atoms with van der Waals surface area (Å²) in [5, 5.41) is 0. The van der Waals surface area contributed by atoms with Gasteiger partial charge in [0.25, 0.3) is 0 Å². The average Bonchev–Trinajstić information content (AvgIpc) is 2.80. The highest BCUT2D eigenvalue weighted by molar-refractivity contribution is 9.11. The Labute approximate surface area is 137 Å². The van der Waals surface area contributed by atoms with Crippen molar-refractivity contribution in [1.29, 1.82) is 0 Å². The molecule has 0 aliphatic heterocycles. The smallest absolute Gasteiger partial charge is 0.245 e. The lowest BCUT2D eigenvalue weighted by atomic mass is 10.2. The van der Waals surface area contributed by atoms with Gasteiger partial charge in [0.15, 0.2) is 0 Å². The van der Waals surface area contributed by atoms with Crippen molar-refractivity contribution in [3.05, 3.63) is 44.6 Å². The van der Waals surface area contributed by atoms with Crippen LogP contribution in [0.3, 0.4) is 0 Å². The molecule has 0 bridgehead atoms. The monoisotopic (exact) mass is 388 g/mol. The van der Waals surface area contributed by atoms with Crippen LogP contribution in [0.4, 0.5) is 5.69 Å². The molecule has 4 nitrogen and oxygen atoms in total. The first-order valence-corrected chi connectivity index (χ1v) is 9.50. The highest BCUT2D eigenvalue weighted by Crippen LogP contribution is 2.28. The van der Waals surface area contributed by atoms with Crippen LogP contribution in [0, 0.1) is 6.92 Å². The van der Waals surface area contributed by atoms with E-state index in [2.05, 4.69) is 15.9 Å². The molecule has 0 saturated carbocycles. The minimum atomic E-state index is -3.59. The summed E-state index contributed by atoms with van der Waals surface area (Å²) in [5.41, 5.74) is 7.12. The van der Waals surface area contributed by atoms with Gasteiger partial charge in [-0.3, -0.25) is 0 Å². The Bertz CT molecular complexity index is 741. The first-order valence-electron chi connectivity index (χ1n) is 6.45. The molecule has 7 heteroatoms. The number of hydrogen-bond donors (Lipinski definition) is 1. The zero-order chi connectivity index (χ0) is 15.6. The fraction of sp³-hybridized carbons (Fsp3) is 0.286. The quantitative estimate of drug-likeness (QED) is 0.795. The van der Waals surface area contributed by atoms with Crippen molar-refractivity contribution in [1.82, 2.24) is 4.31 Å². The van der Waals surface area contributed by atoms with Gasteiger partial charge in [0.2, 0.25) is 10.0 Å². The van der Waals surface area contributed by atoms with Crippen LogP contribution in [0.1, 0.15) is 17.4 Å². The predicted molar refractivity (Wildman–Crippen MR) is 90.9 cm³/mol. The number of aryl methyl sites for hydroxylation is 1. The van der Waals surface area contributed by atoms with E-state index in [1.54, 1.807) is 18.2 Å². The van der Waals surface area contributed by atoms with Crippen molar-refractivity contribution < 1.29 is 8.42 Å². The summed E-state index contributed by atoms with van der Waals surface area (Å²) in [6.07, 6.45) is 0. The van der Waals surface area contributed by atoms with E-state index >= 15 is 0 Å². The van der Waals surface area contributed by atoms with Gasteiger partial charge in [-0.25, -0.2) is 8.42 Å². The highest BCUT2D eigenvalue weighted by Gasteiger charge is 2.25. The first-order chi connectivity index (χ1) is 9.84. The van der Waals surface area contributed by atoms with Crippen molar-refractivity contribution in [2.24, 2.45) is 0 Å². The lowest BCUT2D eigenvalue weighted by molar-refractivity contribution is 0.426. The summed E-state index contributed by atoms with van der Waals surface area (Å²) in [6.45, 7) is 4.45. The fourth-order valence-electron chi connectivity index (χ4n) is 2.02. The Morgan fingerprint density at radius 3 is 2.52 bits per heavy atom. The number of hydrogen-bond acceptors (Lipinski definition) is 4. The number of anilines is 1. The second-order valence-electron chi connectivity index (χ2n) is 4.68. The summed E-state index contributed by atoms with van der Waals surface area (Å²) in [4.78, 5) is 1.16. The van der Waals surface area contributed by atoms with E-state index in [0.717, 1.165) is 14.2 Å². The Kier molecular flexibility index (Phi) is 5.08. The van der Waals surface area contributed by atoms with Crippen LogP contribution in [0.5, 0.6) is 0 Å². The van der Waals surface area contributed by atoms with E-state index in [4.69, 9.17) is 5.73 Å². The number of nitrogen functional groups attached to an aromatic ring is 1. The van der Waals surface area contributed by atoms with Crippen LogP contribution in [-0.4, -0.2) is 19.3 Å². The molecule has 1 aromatic heterocycles. The van der Waals surface area contributed by atoms with Crippen molar-refractivity contribution in [2.45, 2.75) is 25.3 Å². The van der Waals surface area contributed by atoms with Gasteiger partial charge in [-0.15, -0.1) is 11.3 Å².